The molecule has 4 heteroatoms. The Kier molecular flexibility index (Phi) is 11.8. The molecule has 0 bridgehead atoms. The summed E-state index contributed by atoms with van der Waals surface area (Å²) in [5.74, 6) is 0. The van der Waals surface area contributed by atoms with Gasteiger partial charge in [-0.3, -0.25) is 0 Å². The van der Waals surface area contributed by atoms with Crippen molar-refractivity contribution >= 4 is 0 Å². The molecule has 0 spiro atoms. The number of nitrogens with two attached hydrogens (primary N) is 1. The van der Waals surface area contributed by atoms with Crippen molar-refractivity contribution < 1.29 is 14.2 Å². The van der Waals surface area contributed by atoms with Crippen molar-refractivity contribution in [3.05, 3.63) is 0 Å². The molecule has 1 unspecified atom stereocenters. The SMILES string of the molecule is CCCC(CN)OCCCOCCOC. The molecule has 0 aliphatic heterocycles. The number of methoxy groups -OCH3 is 1. The molecule has 0 aromatic carbocycles. The molecule has 92 valence electrons. The molecular weight excluding hydrogens is 194 g/mol. The van der Waals surface area contributed by atoms with Crippen LogP contribution in [-0.4, -0.2) is 46.2 Å². The average Bonchev–Trinajstić information content (AvgIpc) is 2.26. The Hall–Kier alpha value is -0.160. The van der Waals surface area contributed by atoms with Crippen LogP contribution in [0.25, 0.3) is 0 Å². The van der Waals surface area contributed by atoms with Gasteiger partial charge in [-0.2, -0.15) is 0 Å². The molecule has 1 atom stereocenters. The molecule has 0 aromatic heterocycles. The molecule has 0 aliphatic rings. The maximum Gasteiger partial charge on any atom is 0.0700 e. The van der Waals surface area contributed by atoms with Gasteiger partial charge in [-0.05, 0) is 12.8 Å². The van der Waals surface area contributed by atoms with Gasteiger partial charge in [0, 0.05) is 26.9 Å². The van der Waals surface area contributed by atoms with E-state index in [2.05, 4.69) is 6.92 Å². The van der Waals surface area contributed by atoms with Crippen LogP contribution >= 0.6 is 0 Å². The summed E-state index contributed by atoms with van der Waals surface area (Å²) in [6.45, 7) is 5.52. The van der Waals surface area contributed by atoms with Gasteiger partial charge in [0.1, 0.15) is 0 Å². The molecule has 2 N–H and O–H groups in total. The maximum absolute atomic E-state index is 5.60. The quantitative estimate of drug-likeness (QED) is 0.530. The molecule has 0 saturated carbocycles. The van der Waals surface area contributed by atoms with Gasteiger partial charge in [-0.1, -0.05) is 13.3 Å². The predicted molar refractivity (Wildman–Crippen MR) is 61.0 cm³/mol. The predicted octanol–water partition coefficient (Wildman–Crippen LogP) is 1.18. The minimum absolute atomic E-state index is 0.217. The van der Waals surface area contributed by atoms with Crippen molar-refractivity contribution in [1.29, 1.82) is 0 Å². The van der Waals surface area contributed by atoms with Crippen LogP contribution in [-0.2, 0) is 14.2 Å². The van der Waals surface area contributed by atoms with E-state index in [9.17, 15) is 0 Å². The third-order valence-corrected chi connectivity index (χ3v) is 2.09. The van der Waals surface area contributed by atoms with Crippen LogP contribution in [0, 0.1) is 0 Å². The van der Waals surface area contributed by atoms with Crippen molar-refractivity contribution in [3.8, 4) is 0 Å². The van der Waals surface area contributed by atoms with Crippen LogP contribution in [0.15, 0.2) is 0 Å². The zero-order valence-corrected chi connectivity index (χ0v) is 10.0. The van der Waals surface area contributed by atoms with Gasteiger partial charge in [0.25, 0.3) is 0 Å². The number of hydrogen-bond donors (Lipinski definition) is 1. The Bertz CT molecular complexity index is 122. The van der Waals surface area contributed by atoms with Crippen LogP contribution < -0.4 is 5.73 Å². The molecule has 0 aliphatic carbocycles. The maximum atomic E-state index is 5.60. The van der Waals surface area contributed by atoms with Crippen molar-refractivity contribution in [1.82, 2.24) is 0 Å². The van der Waals surface area contributed by atoms with E-state index >= 15 is 0 Å². The second kappa shape index (κ2) is 11.9. The summed E-state index contributed by atoms with van der Waals surface area (Å²) in [4.78, 5) is 0. The fraction of sp³-hybridized carbons (Fsp3) is 1.00. The summed E-state index contributed by atoms with van der Waals surface area (Å²) >= 11 is 0. The van der Waals surface area contributed by atoms with Crippen LogP contribution in [0.4, 0.5) is 0 Å². The first-order valence-electron chi connectivity index (χ1n) is 5.73. The third kappa shape index (κ3) is 10.1. The molecular formula is C11H25NO3. The van der Waals surface area contributed by atoms with E-state index in [1.165, 1.54) is 0 Å². The molecule has 0 fully saturated rings. The second-order valence-electron chi connectivity index (χ2n) is 3.48. The summed E-state index contributed by atoms with van der Waals surface area (Å²) in [7, 11) is 1.67. The lowest BCUT2D eigenvalue weighted by Crippen LogP contribution is -2.24. The van der Waals surface area contributed by atoms with Gasteiger partial charge in [0.15, 0.2) is 0 Å². The number of rotatable bonds is 11. The Morgan fingerprint density at radius 1 is 1.13 bits per heavy atom. The lowest BCUT2D eigenvalue weighted by atomic mass is 10.2. The largest absolute Gasteiger partial charge is 0.382 e. The van der Waals surface area contributed by atoms with E-state index in [4.69, 9.17) is 19.9 Å². The van der Waals surface area contributed by atoms with Crippen molar-refractivity contribution in [3.63, 3.8) is 0 Å². The number of ether oxygens (including phenoxy) is 3. The van der Waals surface area contributed by atoms with Gasteiger partial charge in [-0.25, -0.2) is 0 Å². The second-order valence-corrected chi connectivity index (χ2v) is 3.48. The standard InChI is InChI=1S/C11H25NO3/c1-3-5-11(10-12)15-7-4-6-14-9-8-13-2/h11H,3-10,12H2,1-2H3. The summed E-state index contributed by atoms with van der Waals surface area (Å²) < 4.78 is 15.8. The summed E-state index contributed by atoms with van der Waals surface area (Å²) in [6.07, 6.45) is 3.30. The Morgan fingerprint density at radius 2 is 1.93 bits per heavy atom. The highest BCUT2D eigenvalue weighted by Crippen LogP contribution is 2.00. The van der Waals surface area contributed by atoms with E-state index in [0.29, 0.717) is 19.8 Å². The summed E-state index contributed by atoms with van der Waals surface area (Å²) in [5, 5.41) is 0. The van der Waals surface area contributed by atoms with Crippen LogP contribution in [0.2, 0.25) is 0 Å². The van der Waals surface area contributed by atoms with E-state index in [-0.39, 0.29) is 6.10 Å². The molecule has 0 heterocycles. The zero-order valence-electron chi connectivity index (χ0n) is 10.0. The Morgan fingerprint density at radius 3 is 2.53 bits per heavy atom. The smallest absolute Gasteiger partial charge is 0.0700 e. The molecule has 15 heavy (non-hydrogen) atoms. The lowest BCUT2D eigenvalue weighted by molar-refractivity contribution is 0.0236. The topological polar surface area (TPSA) is 53.7 Å². The van der Waals surface area contributed by atoms with E-state index in [0.717, 1.165) is 32.5 Å². The molecule has 0 radical (unpaired) electrons. The first-order chi connectivity index (χ1) is 7.35. The van der Waals surface area contributed by atoms with E-state index in [1.807, 2.05) is 0 Å². The van der Waals surface area contributed by atoms with Crippen LogP contribution in [0.1, 0.15) is 26.2 Å². The van der Waals surface area contributed by atoms with Gasteiger partial charge < -0.3 is 19.9 Å². The van der Waals surface area contributed by atoms with Crippen molar-refractivity contribution in [2.45, 2.75) is 32.3 Å². The molecule has 0 aromatic rings. The highest BCUT2D eigenvalue weighted by Gasteiger charge is 2.04. The minimum atomic E-state index is 0.217. The van der Waals surface area contributed by atoms with Crippen LogP contribution in [0.5, 0.6) is 0 Å². The molecule has 0 amide bonds. The highest BCUT2D eigenvalue weighted by atomic mass is 16.5. The third-order valence-electron chi connectivity index (χ3n) is 2.09. The molecule has 0 rings (SSSR count). The Labute approximate surface area is 93.1 Å². The fourth-order valence-electron chi connectivity index (χ4n) is 1.25. The Balaban J connectivity index is 3.14. The highest BCUT2D eigenvalue weighted by molar-refractivity contribution is 4.56. The lowest BCUT2D eigenvalue weighted by Gasteiger charge is -2.14. The van der Waals surface area contributed by atoms with Gasteiger partial charge >= 0.3 is 0 Å². The summed E-state index contributed by atoms with van der Waals surface area (Å²) in [6, 6.07) is 0. The normalized spacial score (nSPS) is 13.0. The molecule has 4 nitrogen and oxygen atoms in total. The minimum Gasteiger partial charge on any atom is -0.382 e. The van der Waals surface area contributed by atoms with Gasteiger partial charge in [0.05, 0.1) is 19.3 Å². The van der Waals surface area contributed by atoms with E-state index in [1.54, 1.807) is 7.11 Å². The molecule has 0 saturated heterocycles. The average molecular weight is 219 g/mol. The number of hydrogen-bond acceptors (Lipinski definition) is 4. The monoisotopic (exact) mass is 219 g/mol. The van der Waals surface area contributed by atoms with Gasteiger partial charge in [-0.15, -0.1) is 0 Å². The van der Waals surface area contributed by atoms with Crippen LogP contribution in [0.3, 0.4) is 0 Å². The van der Waals surface area contributed by atoms with E-state index < -0.39 is 0 Å². The fourth-order valence-corrected chi connectivity index (χ4v) is 1.25. The van der Waals surface area contributed by atoms with Crippen molar-refractivity contribution in [2.24, 2.45) is 5.73 Å². The summed E-state index contributed by atoms with van der Waals surface area (Å²) in [5.41, 5.74) is 5.57. The first kappa shape index (κ1) is 14.8. The first-order valence-corrected chi connectivity index (χ1v) is 5.73. The van der Waals surface area contributed by atoms with Gasteiger partial charge in [0.2, 0.25) is 0 Å². The van der Waals surface area contributed by atoms with Crippen molar-refractivity contribution in [2.75, 3.05) is 40.1 Å². The zero-order chi connectivity index (χ0) is 11.4.